The molecule has 0 aliphatic rings. The van der Waals surface area contributed by atoms with Crippen LogP contribution in [0.4, 0.5) is 5.69 Å². The van der Waals surface area contributed by atoms with E-state index in [1.165, 1.54) is 0 Å². The molecule has 4 nitrogen and oxygen atoms in total. The van der Waals surface area contributed by atoms with Crippen molar-refractivity contribution >= 4 is 27.5 Å². The Bertz CT molecular complexity index is 701. The standard InChI is InChI=1S/C18H19BrN2O2/c1-3-10-20-18(22)15-6-4-5-7-16(15)21-12-13-11-14(19)8-9-17(13)23-2/h3-9,11,21H,1,10,12H2,2H3,(H,20,22). The summed E-state index contributed by atoms with van der Waals surface area (Å²) in [5.74, 6) is 0.670. The average Bonchev–Trinajstić information content (AvgIpc) is 2.58. The van der Waals surface area contributed by atoms with Crippen LogP contribution in [-0.2, 0) is 6.54 Å². The molecule has 5 heteroatoms. The van der Waals surface area contributed by atoms with E-state index in [0.29, 0.717) is 18.7 Å². The number of rotatable bonds is 7. The highest BCUT2D eigenvalue weighted by Crippen LogP contribution is 2.24. The lowest BCUT2D eigenvalue weighted by atomic mass is 10.1. The van der Waals surface area contributed by atoms with Crippen LogP contribution in [0.1, 0.15) is 15.9 Å². The summed E-state index contributed by atoms with van der Waals surface area (Å²) in [5, 5.41) is 6.09. The van der Waals surface area contributed by atoms with Gasteiger partial charge in [-0.2, -0.15) is 0 Å². The molecule has 1 amide bonds. The maximum absolute atomic E-state index is 12.2. The van der Waals surface area contributed by atoms with Crippen molar-refractivity contribution in [3.8, 4) is 5.75 Å². The zero-order valence-electron chi connectivity index (χ0n) is 12.9. The molecule has 0 saturated heterocycles. The van der Waals surface area contributed by atoms with Crippen molar-refractivity contribution in [3.63, 3.8) is 0 Å². The van der Waals surface area contributed by atoms with Crippen molar-refractivity contribution in [2.45, 2.75) is 6.54 Å². The Morgan fingerprint density at radius 2 is 2.09 bits per heavy atom. The van der Waals surface area contributed by atoms with Gasteiger partial charge in [0.15, 0.2) is 0 Å². The second kappa shape index (κ2) is 8.39. The van der Waals surface area contributed by atoms with Gasteiger partial charge in [0, 0.05) is 28.8 Å². The summed E-state index contributed by atoms with van der Waals surface area (Å²) < 4.78 is 6.35. The van der Waals surface area contributed by atoms with Gasteiger partial charge in [-0.1, -0.05) is 34.1 Å². The molecule has 0 saturated carbocycles. The molecule has 2 aromatic rings. The van der Waals surface area contributed by atoms with Crippen LogP contribution in [0.15, 0.2) is 59.6 Å². The molecule has 0 radical (unpaired) electrons. The minimum absolute atomic E-state index is 0.130. The molecule has 120 valence electrons. The summed E-state index contributed by atoms with van der Waals surface area (Å²) in [5.41, 5.74) is 2.38. The summed E-state index contributed by atoms with van der Waals surface area (Å²) in [6, 6.07) is 13.2. The number of nitrogens with one attached hydrogen (secondary N) is 2. The summed E-state index contributed by atoms with van der Waals surface area (Å²) in [6.07, 6.45) is 1.65. The van der Waals surface area contributed by atoms with Crippen molar-refractivity contribution in [2.75, 3.05) is 19.0 Å². The van der Waals surface area contributed by atoms with Gasteiger partial charge < -0.3 is 15.4 Å². The van der Waals surface area contributed by atoms with Crippen LogP contribution < -0.4 is 15.4 Å². The molecule has 2 N–H and O–H groups in total. The second-order valence-electron chi connectivity index (χ2n) is 4.85. The van der Waals surface area contributed by atoms with E-state index in [9.17, 15) is 4.79 Å². The van der Waals surface area contributed by atoms with Gasteiger partial charge >= 0.3 is 0 Å². The minimum Gasteiger partial charge on any atom is -0.496 e. The van der Waals surface area contributed by atoms with Gasteiger partial charge in [-0.05, 0) is 30.3 Å². The lowest BCUT2D eigenvalue weighted by Gasteiger charge is -2.14. The fourth-order valence-corrected chi connectivity index (χ4v) is 2.58. The maximum atomic E-state index is 12.2. The van der Waals surface area contributed by atoms with Gasteiger partial charge in [0.05, 0.1) is 12.7 Å². The molecular weight excluding hydrogens is 356 g/mol. The number of hydrogen-bond acceptors (Lipinski definition) is 3. The molecule has 0 aliphatic heterocycles. The highest BCUT2D eigenvalue weighted by molar-refractivity contribution is 9.10. The fourth-order valence-electron chi connectivity index (χ4n) is 2.17. The van der Waals surface area contributed by atoms with Gasteiger partial charge in [0.2, 0.25) is 0 Å². The van der Waals surface area contributed by atoms with Crippen LogP contribution in [0.5, 0.6) is 5.75 Å². The van der Waals surface area contributed by atoms with E-state index in [1.54, 1.807) is 19.3 Å². The van der Waals surface area contributed by atoms with E-state index in [0.717, 1.165) is 21.5 Å². The minimum atomic E-state index is -0.130. The van der Waals surface area contributed by atoms with Crippen LogP contribution in [0.3, 0.4) is 0 Å². The predicted molar refractivity (Wildman–Crippen MR) is 97.0 cm³/mol. The summed E-state index contributed by atoms with van der Waals surface area (Å²) in [6.45, 7) is 4.59. The first-order valence-electron chi connectivity index (χ1n) is 7.20. The molecule has 0 unspecified atom stereocenters. The van der Waals surface area contributed by atoms with Crippen molar-refractivity contribution in [2.24, 2.45) is 0 Å². The molecule has 0 heterocycles. The fraction of sp³-hybridized carbons (Fsp3) is 0.167. The molecule has 0 bridgehead atoms. The third-order valence-corrected chi connectivity index (χ3v) is 3.78. The van der Waals surface area contributed by atoms with Crippen LogP contribution in [0.25, 0.3) is 0 Å². The Balaban J connectivity index is 2.16. The molecule has 0 atom stereocenters. The number of carbonyl (C=O) groups is 1. The van der Waals surface area contributed by atoms with E-state index >= 15 is 0 Å². The van der Waals surface area contributed by atoms with E-state index in [1.807, 2.05) is 36.4 Å². The second-order valence-corrected chi connectivity index (χ2v) is 5.77. The highest BCUT2D eigenvalue weighted by atomic mass is 79.9. The number of anilines is 1. The lowest BCUT2D eigenvalue weighted by molar-refractivity contribution is 0.0959. The Hall–Kier alpha value is -2.27. The first-order chi connectivity index (χ1) is 11.2. The number of ether oxygens (including phenoxy) is 1. The van der Waals surface area contributed by atoms with Gasteiger partial charge in [0.25, 0.3) is 5.91 Å². The summed E-state index contributed by atoms with van der Waals surface area (Å²) in [4.78, 5) is 12.2. The lowest BCUT2D eigenvalue weighted by Crippen LogP contribution is -2.24. The molecule has 2 rings (SSSR count). The maximum Gasteiger partial charge on any atom is 0.253 e. The summed E-state index contributed by atoms with van der Waals surface area (Å²) >= 11 is 3.46. The normalized spacial score (nSPS) is 10.0. The van der Waals surface area contributed by atoms with Crippen molar-refractivity contribution in [3.05, 3.63) is 70.7 Å². The van der Waals surface area contributed by atoms with Crippen molar-refractivity contribution < 1.29 is 9.53 Å². The number of carbonyl (C=O) groups excluding carboxylic acids is 1. The number of hydrogen-bond donors (Lipinski definition) is 2. The van der Waals surface area contributed by atoms with Crippen molar-refractivity contribution in [1.29, 1.82) is 0 Å². The van der Waals surface area contributed by atoms with Crippen LogP contribution in [0, 0.1) is 0 Å². The molecule has 2 aromatic carbocycles. The first kappa shape index (κ1) is 17.1. The molecule has 23 heavy (non-hydrogen) atoms. The third-order valence-electron chi connectivity index (χ3n) is 3.29. The smallest absolute Gasteiger partial charge is 0.253 e. The Labute approximate surface area is 144 Å². The molecule has 0 aromatic heterocycles. The van der Waals surface area contributed by atoms with E-state index in [2.05, 4.69) is 33.1 Å². The number of methoxy groups -OCH3 is 1. The number of amides is 1. The van der Waals surface area contributed by atoms with Crippen LogP contribution in [0.2, 0.25) is 0 Å². The topological polar surface area (TPSA) is 50.4 Å². The predicted octanol–water partition coefficient (Wildman–Crippen LogP) is 3.99. The first-order valence-corrected chi connectivity index (χ1v) is 7.99. The summed E-state index contributed by atoms with van der Waals surface area (Å²) in [7, 11) is 1.64. The molecule has 0 aliphatic carbocycles. The van der Waals surface area contributed by atoms with Gasteiger partial charge in [0.1, 0.15) is 5.75 Å². The SMILES string of the molecule is C=CCNC(=O)c1ccccc1NCc1cc(Br)ccc1OC. The number of para-hydroxylation sites is 1. The zero-order chi connectivity index (χ0) is 16.7. The average molecular weight is 375 g/mol. The number of halogens is 1. The van der Waals surface area contributed by atoms with Crippen LogP contribution >= 0.6 is 15.9 Å². The Kier molecular flexibility index (Phi) is 6.23. The monoisotopic (exact) mass is 374 g/mol. The quantitative estimate of drug-likeness (QED) is 0.720. The Morgan fingerprint density at radius 3 is 2.83 bits per heavy atom. The molecular formula is C18H19BrN2O2. The Morgan fingerprint density at radius 1 is 1.30 bits per heavy atom. The third kappa shape index (κ3) is 4.60. The number of benzene rings is 2. The van der Waals surface area contributed by atoms with Gasteiger partial charge in [-0.15, -0.1) is 6.58 Å². The zero-order valence-corrected chi connectivity index (χ0v) is 14.5. The van der Waals surface area contributed by atoms with E-state index in [4.69, 9.17) is 4.74 Å². The van der Waals surface area contributed by atoms with Crippen LogP contribution in [-0.4, -0.2) is 19.6 Å². The van der Waals surface area contributed by atoms with E-state index < -0.39 is 0 Å². The molecule has 0 spiro atoms. The molecule has 0 fully saturated rings. The highest BCUT2D eigenvalue weighted by Gasteiger charge is 2.11. The largest absolute Gasteiger partial charge is 0.496 e. The van der Waals surface area contributed by atoms with Crippen molar-refractivity contribution in [1.82, 2.24) is 5.32 Å². The van der Waals surface area contributed by atoms with Gasteiger partial charge in [-0.25, -0.2) is 0 Å². The van der Waals surface area contributed by atoms with E-state index in [-0.39, 0.29) is 5.91 Å². The van der Waals surface area contributed by atoms with Gasteiger partial charge in [-0.3, -0.25) is 4.79 Å².